The maximum Gasteiger partial charge on any atom is 0.255 e. The summed E-state index contributed by atoms with van der Waals surface area (Å²) in [5.41, 5.74) is 1.28. The van der Waals surface area contributed by atoms with Crippen molar-refractivity contribution < 1.29 is 39.2 Å². The van der Waals surface area contributed by atoms with Crippen LogP contribution in [0.15, 0.2) is 28.7 Å². The number of ketones is 2. The largest absolute Gasteiger partial charge is 0.510 e. The summed E-state index contributed by atoms with van der Waals surface area (Å²) in [6.07, 6.45) is -0.189. The Kier molecular flexibility index (Phi) is 7.16. The molecule has 6 N–H and O–H groups in total. The standard InChI is InChI=1S/C28H36FN3O7/c1-11(2)12(3)32(6)10-14-9-17(33)19-15(21(14)29)7-13-8-16-22(31(4)5)24(35)20(27(30)38)26(37)28(16,39)25(36)18(13)23(19)34/h9,11-13,16,22,33,35-36,39H,7-8,10H2,1-6H3,(H2,30,38)/t12-,13+,16+,22+,28+/m1/s1. The summed E-state index contributed by atoms with van der Waals surface area (Å²) >= 11 is 0. The lowest BCUT2D eigenvalue weighted by molar-refractivity contribution is -0.148. The fourth-order valence-electron chi connectivity index (χ4n) is 6.39. The number of benzene rings is 1. The Bertz CT molecular complexity index is 1330. The number of hydrogen-bond donors (Lipinski definition) is 5. The molecule has 0 aliphatic heterocycles. The number of rotatable bonds is 6. The number of aromatic hydroxyl groups is 1. The molecule has 0 spiro atoms. The number of phenolic OH excluding ortho intramolecular Hbond substituents is 1. The summed E-state index contributed by atoms with van der Waals surface area (Å²) in [6.45, 7) is 6.28. The van der Waals surface area contributed by atoms with Gasteiger partial charge in [0.25, 0.3) is 5.91 Å². The minimum absolute atomic E-state index is 0.00582. The summed E-state index contributed by atoms with van der Waals surface area (Å²) in [5, 5.41) is 44.6. The molecular weight excluding hydrogens is 509 g/mol. The summed E-state index contributed by atoms with van der Waals surface area (Å²) in [4.78, 5) is 42.4. The third kappa shape index (κ3) is 4.14. The van der Waals surface area contributed by atoms with Crippen LogP contribution in [0.4, 0.5) is 4.39 Å². The van der Waals surface area contributed by atoms with Crippen LogP contribution in [0.1, 0.15) is 48.7 Å². The summed E-state index contributed by atoms with van der Waals surface area (Å²) in [6, 6.07) is 0.198. The first-order valence-corrected chi connectivity index (χ1v) is 12.9. The molecule has 0 fully saturated rings. The highest BCUT2D eigenvalue weighted by atomic mass is 19.1. The van der Waals surface area contributed by atoms with Crippen molar-refractivity contribution in [3.05, 3.63) is 51.2 Å². The van der Waals surface area contributed by atoms with Gasteiger partial charge in [0.05, 0.1) is 11.6 Å². The maximum absolute atomic E-state index is 15.9. The number of aliphatic hydroxyl groups excluding tert-OH is 2. The average Bonchev–Trinajstić information content (AvgIpc) is 2.83. The summed E-state index contributed by atoms with van der Waals surface area (Å²) < 4.78 is 15.9. The minimum Gasteiger partial charge on any atom is -0.510 e. The highest BCUT2D eigenvalue weighted by Gasteiger charge is 2.63. The summed E-state index contributed by atoms with van der Waals surface area (Å²) in [5.74, 6) is -7.95. The molecule has 212 valence electrons. The third-order valence-corrected chi connectivity index (χ3v) is 8.81. The lowest BCUT2D eigenvalue weighted by atomic mass is 9.58. The Labute approximate surface area is 226 Å². The predicted octanol–water partition coefficient (Wildman–Crippen LogP) is 1.74. The van der Waals surface area contributed by atoms with E-state index in [2.05, 4.69) is 0 Å². The van der Waals surface area contributed by atoms with Gasteiger partial charge in [-0.2, -0.15) is 0 Å². The molecule has 39 heavy (non-hydrogen) atoms. The van der Waals surface area contributed by atoms with E-state index in [-0.39, 0.29) is 47.7 Å². The first-order chi connectivity index (χ1) is 18.0. The molecule has 0 bridgehead atoms. The van der Waals surface area contributed by atoms with Crippen molar-refractivity contribution in [2.24, 2.45) is 23.5 Å². The number of Topliss-reactive ketones (excluding diaryl/α,β-unsaturated/α-hetero) is 2. The van der Waals surface area contributed by atoms with E-state index in [1.165, 1.54) is 11.0 Å². The quantitative estimate of drug-likeness (QED) is 0.335. The van der Waals surface area contributed by atoms with Crippen LogP contribution in [-0.2, 0) is 22.6 Å². The van der Waals surface area contributed by atoms with Gasteiger partial charge in [0, 0.05) is 35.2 Å². The Morgan fingerprint density at radius 1 is 1.18 bits per heavy atom. The van der Waals surface area contributed by atoms with Crippen LogP contribution in [0.2, 0.25) is 0 Å². The molecule has 0 saturated carbocycles. The smallest absolute Gasteiger partial charge is 0.255 e. The lowest BCUT2D eigenvalue weighted by Gasteiger charge is -2.50. The second-order valence-corrected chi connectivity index (χ2v) is 11.6. The van der Waals surface area contributed by atoms with Gasteiger partial charge in [-0.25, -0.2) is 4.39 Å². The van der Waals surface area contributed by atoms with Crippen LogP contribution >= 0.6 is 0 Å². The van der Waals surface area contributed by atoms with Crippen LogP contribution in [0.25, 0.3) is 0 Å². The fourth-order valence-corrected chi connectivity index (χ4v) is 6.39. The van der Waals surface area contributed by atoms with Crippen molar-refractivity contribution in [3.63, 3.8) is 0 Å². The van der Waals surface area contributed by atoms with E-state index in [1.54, 1.807) is 14.1 Å². The number of phenols is 1. The molecule has 0 saturated heterocycles. The van der Waals surface area contributed by atoms with Gasteiger partial charge in [0.1, 0.15) is 28.7 Å². The monoisotopic (exact) mass is 545 g/mol. The molecular formula is C28H36FN3O7. The van der Waals surface area contributed by atoms with Crippen LogP contribution in [-0.4, -0.2) is 86.5 Å². The van der Waals surface area contributed by atoms with Gasteiger partial charge >= 0.3 is 0 Å². The van der Waals surface area contributed by atoms with Crippen LogP contribution in [0, 0.1) is 23.6 Å². The van der Waals surface area contributed by atoms with Crippen molar-refractivity contribution in [2.75, 3.05) is 21.1 Å². The van der Waals surface area contributed by atoms with Crippen LogP contribution in [0.5, 0.6) is 5.75 Å². The number of hydrogen-bond acceptors (Lipinski definition) is 9. The van der Waals surface area contributed by atoms with E-state index in [1.807, 2.05) is 32.7 Å². The van der Waals surface area contributed by atoms with Gasteiger partial charge in [-0.05, 0) is 58.8 Å². The molecule has 1 aromatic carbocycles. The lowest BCUT2D eigenvalue weighted by Crippen LogP contribution is -2.63. The van der Waals surface area contributed by atoms with Gasteiger partial charge in [-0.1, -0.05) is 13.8 Å². The van der Waals surface area contributed by atoms with Crippen molar-refractivity contribution in [2.45, 2.75) is 57.8 Å². The molecule has 0 radical (unpaired) electrons. The van der Waals surface area contributed by atoms with E-state index in [0.717, 1.165) is 0 Å². The number of fused-ring (bicyclic) bond motifs is 3. The van der Waals surface area contributed by atoms with Gasteiger partial charge < -0.3 is 26.2 Å². The number of carbonyl (C=O) groups excluding carboxylic acids is 3. The zero-order chi connectivity index (χ0) is 29.3. The number of aliphatic hydroxyl groups is 3. The first kappa shape index (κ1) is 28.7. The van der Waals surface area contributed by atoms with Gasteiger partial charge in [0.2, 0.25) is 5.78 Å². The number of nitrogens with two attached hydrogens (primary N) is 1. The summed E-state index contributed by atoms with van der Waals surface area (Å²) in [7, 11) is 4.94. The number of likely N-dealkylation sites (N-methyl/N-ethyl adjacent to an activating group) is 1. The number of amides is 1. The minimum atomic E-state index is -2.73. The molecule has 1 aromatic rings. The van der Waals surface area contributed by atoms with Crippen LogP contribution in [0.3, 0.4) is 0 Å². The third-order valence-electron chi connectivity index (χ3n) is 8.81. The highest BCUT2D eigenvalue weighted by Crippen LogP contribution is 2.52. The number of primary amides is 1. The van der Waals surface area contributed by atoms with E-state index in [4.69, 9.17) is 5.73 Å². The number of nitrogens with zero attached hydrogens (tertiary/aromatic N) is 2. The molecule has 3 aliphatic carbocycles. The number of halogens is 1. The van der Waals surface area contributed by atoms with E-state index in [0.29, 0.717) is 5.92 Å². The molecule has 0 heterocycles. The zero-order valence-corrected chi connectivity index (χ0v) is 22.9. The maximum atomic E-state index is 15.9. The Hall–Kier alpha value is -3.28. The van der Waals surface area contributed by atoms with Crippen molar-refractivity contribution in [3.8, 4) is 5.75 Å². The van der Waals surface area contributed by atoms with Gasteiger partial charge in [-0.3, -0.25) is 24.2 Å². The van der Waals surface area contributed by atoms with Crippen LogP contribution < -0.4 is 5.73 Å². The molecule has 4 rings (SSSR count). The molecule has 0 aromatic heterocycles. The SMILES string of the molecule is CC(C)[C@@H](C)N(C)Cc1cc(O)c2c(c1F)C[C@H]1C[C@H]3[C@H](N(C)C)C(O)=C(C(N)=O)C(=O)[C@@]3(O)C(O)=C1C2=O. The molecule has 0 unspecified atom stereocenters. The van der Waals surface area contributed by atoms with Crippen molar-refractivity contribution in [1.29, 1.82) is 0 Å². The average molecular weight is 546 g/mol. The zero-order valence-electron chi connectivity index (χ0n) is 22.9. The number of allylic oxidation sites excluding steroid dienone is 1. The normalized spacial score (nSPS) is 27.7. The topological polar surface area (TPSA) is 165 Å². The second kappa shape index (κ2) is 9.72. The van der Waals surface area contributed by atoms with E-state index in [9.17, 15) is 34.8 Å². The highest BCUT2D eigenvalue weighted by molar-refractivity contribution is 6.24. The first-order valence-electron chi connectivity index (χ1n) is 12.9. The van der Waals surface area contributed by atoms with Crippen molar-refractivity contribution >= 4 is 17.5 Å². The van der Waals surface area contributed by atoms with E-state index < -0.39 is 69.6 Å². The second-order valence-electron chi connectivity index (χ2n) is 11.6. The van der Waals surface area contributed by atoms with Crippen molar-refractivity contribution in [1.82, 2.24) is 9.80 Å². The Morgan fingerprint density at radius 3 is 2.33 bits per heavy atom. The van der Waals surface area contributed by atoms with E-state index >= 15 is 4.39 Å². The Balaban J connectivity index is 1.86. The van der Waals surface area contributed by atoms with Gasteiger partial charge in [0.15, 0.2) is 11.4 Å². The Morgan fingerprint density at radius 2 is 1.79 bits per heavy atom. The number of carbonyl (C=O) groups is 3. The molecule has 1 amide bonds. The predicted molar refractivity (Wildman–Crippen MR) is 139 cm³/mol. The molecule has 5 atom stereocenters. The molecule has 3 aliphatic rings. The fraction of sp³-hybridized carbons (Fsp3) is 0.536. The molecule has 11 heteroatoms. The van der Waals surface area contributed by atoms with Gasteiger partial charge in [-0.15, -0.1) is 0 Å². The molecule has 10 nitrogen and oxygen atoms in total.